The Morgan fingerprint density at radius 3 is 2.43 bits per heavy atom. The van der Waals surface area contributed by atoms with Gasteiger partial charge >= 0.3 is 6.18 Å². The molecule has 21 heavy (non-hydrogen) atoms. The molecule has 0 radical (unpaired) electrons. The minimum atomic E-state index is -4.47. The summed E-state index contributed by atoms with van der Waals surface area (Å²) in [4.78, 5) is 18.6. The topological polar surface area (TPSA) is 36.4 Å². The van der Waals surface area contributed by atoms with Crippen molar-refractivity contribution in [2.45, 2.75) is 6.18 Å². The van der Waals surface area contributed by atoms with Crippen LogP contribution in [0.4, 0.5) is 19.0 Å². The van der Waals surface area contributed by atoms with Crippen LogP contribution in [-0.2, 0) is 11.0 Å². The zero-order valence-electron chi connectivity index (χ0n) is 11.0. The number of carbonyl (C=O) groups is 1. The largest absolute Gasteiger partial charge is 0.417 e. The summed E-state index contributed by atoms with van der Waals surface area (Å²) < 4.78 is 37.7. The van der Waals surface area contributed by atoms with Gasteiger partial charge in [-0.25, -0.2) is 4.98 Å². The van der Waals surface area contributed by atoms with E-state index in [1.165, 1.54) is 6.08 Å². The quantitative estimate of drug-likeness (QED) is 0.786. The van der Waals surface area contributed by atoms with E-state index < -0.39 is 11.7 Å². The lowest BCUT2D eigenvalue weighted by atomic mass is 10.2. The number of rotatable bonds is 2. The van der Waals surface area contributed by atoms with Gasteiger partial charge in [-0.05, 0) is 12.1 Å². The van der Waals surface area contributed by atoms with E-state index in [-0.39, 0.29) is 10.9 Å². The molecule has 0 spiro atoms. The normalized spacial score (nSPS) is 16.0. The van der Waals surface area contributed by atoms with Crippen molar-refractivity contribution in [1.82, 2.24) is 9.88 Å². The van der Waals surface area contributed by atoms with Crippen molar-refractivity contribution < 1.29 is 18.0 Å². The molecule has 1 fully saturated rings. The lowest BCUT2D eigenvalue weighted by Crippen LogP contribution is -2.48. The predicted molar refractivity (Wildman–Crippen MR) is 73.2 cm³/mol. The molecule has 8 heteroatoms. The summed E-state index contributed by atoms with van der Waals surface area (Å²) in [6.45, 7) is 5.22. The second kappa shape index (κ2) is 5.93. The van der Waals surface area contributed by atoms with Gasteiger partial charge in [-0.1, -0.05) is 18.2 Å². The fourth-order valence-electron chi connectivity index (χ4n) is 2.09. The standard InChI is InChI=1S/C13H13ClF3N3O/c1-2-11(21)19-3-5-20(6-4-19)12-10(14)7-9(8-18-12)13(15,16)17/h2,7-8H,1,3-6H2. The minimum Gasteiger partial charge on any atom is -0.352 e. The highest BCUT2D eigenvalue weighted by Gasteiger charge is 2.32. The maximum atomic E-state index is 12.6. The molecule has 1 aromatic rings. The van der Waals surface area contributed by atoms with Crippen LogP contribution in [0.25, 0.3) is 0 Å². The Labute approximate surface area is 124 Å². The van der Waals surface area contributed by atoms with E-state index >= 15 is 0 Å². The lowest BCUT2D eigenvalue weighted by molar-refractivity contribution is -0.137. The smallest absolute Gasteiger partial charge is 0.352 e. The maximum Gasteiger partial charge on any atom is 0.417 e. The molecular weight excluding hydrogens is 307 g/mol. The molecular formula is C13H13ClF3N3O. The minimum absolute atomic E-state index is 0.0478. The van der Waals surface area contributed by atoms with Crippen LogP contribution in [0.1, 0.15) is 5.56 Å². The van der Waals surface area contributed by atoms with Crippen LogP contribution < -0.4 is 4.90 Å². The van der Waals surface area contributed by atoms with Crippen molar-refractivity contribution in [2.24, 2.45) is 0 Å². The van der Waals surface area contributed by atoms with Crippen LogP contribution in [0.2, 0.25) is 5.02 Å². The number of halogens is 4. The van der Waals surface area contributed by atoms with Crippen LogP contribution >= 0.6 is 11.6 Å². The van der Waals surface area contributed by atoms with Gasteiger partial charge in [-0.15, -0.1) is 0 Å². The molecule has 0 unspecified atom stereocenters. The molecule has 1 aliphatic heterocycles. The van der Waals surface area contributed by atoms with Gasteiger partial charge in [0.2, 0.25) is 5.91 Å². The second-order valence-electron chi connectivity index (χ2n) is 4.54. The van der Waals surface area contributed by atoms with Crippen molar-refractivity contribution in [3.63, 3.8) is 0 Å². The van der Waals surface area contributed by atoms with E-state index in [2.05, 4.69) is 11.6 Å². The third-order valence-corrected chi connectivity index (χ3v) is 3.49. The number of hydrogen-bond acceptors (Lipinski definition) is 3. The van der Waals surface area contributed by atoms with Crippen LogP contribution in [0.3, 0.4) is 0 Å². The zero-order valence-corrected chi connectivity index (χ0v) is 11.8. The summed E-state index contributed by atoms with van der Waals surface area (Å²) in [5, 5.41) is -0.0478. The number of hydrogen-bond donors (Lipinski definition) is 0. The maximum absolute atomic E-state index is 12.6. The fraction of sp³-hybridized carbons (Fsp3) is 0.385. The molecule has 4 nitrogen and oxygen atoms in total. The van der Waals surface area contributed by atoms with E-state index in [9.17, 15) is 18.0 Å². The van der Waals surface area contributed by atoms with E-state index in [0.717, 1.165) is 12.3 Å². The summed E-state index contributed by atoms with van der Waals surface area (Å²) in [6.07, 6.45) is -2.47. The van der Waals surface area contributed by atoms with E-state index in [1.807, 2.05) is 0 Å². The summed E-state index contributed by atoms with van der Waals surface area (Å²) in [7, 11) is 0. The van der Waals surface area contributed by atoms with Crippen molar-refractivity contribution in [1.29, 1.82) is 0 Å². The molecule has 114 valence electrons. The highest BCUT2D eigenvalue weighted by molar-refractivity contribution is 6.33. The molecule has 1 aliphatic rings. The second-order valence-corrected chi connectivity index (χ2v) is 4.95. The first-order valence-corrected chi connectivity index (χ1v) is 6.59. The monoisotopic (exact) mass is 319 g/mol. The van der Waals surface area contributed by atoms with Crippen LogP contribution in [-0.4, -0.2) is 42.0 Å². The number of aromatic nitrogens is 1. The summed E-state index contributed by atoms with van der Waals surface area (Å²) >= 11 is 5.89. The molecule has 2 rings (SSSR count). The number of pyridine rings is 1. The molecule has 0 N–H and O–H groups in total. The molecule has 1 saturated heterocycles. The van der Waals surface area contributed by atoms with E-state index in [0.29, 0.717) is 32.0 Å². The highest BCUT2D eigenvalue weighted by atomic mass is 35.5. The summed E-state index contributed by atoms with van der Waals surface area (Å²) in [5.74, 6) is 0.136. The van der Waals surface area contributed by atoms with Gasteiger partial charge in [0.05, 0.1) is 10.6 Å². The number of alkyl halides is 3. The molecule has 0 saturated carbocycles. The highest BCUT2D eigenvalue weighted by Crippen LogP contribution is 2.33. The third kappa shape index (κ3) is 3.47. The summed E-state index contributed by atoms with van der Waals surface area (Å²) in [6, 6.07) is 0.866. The zero-order chi connectivity index (χ0) is 15.6. The Kier molecular flexibility index (Phi) is 4.41. The third-order valence-electron chi connectivity index (χ3n) is 3.21. The molecule has 0 aliphatic carbocycles. The molecule has 1 amide bonds. The fourth-order valence-corrected chi connectivity index (χ4v) is 2.37. The number of nitrogens with zero attached hydrogens (tertiary/aromatic N) is 3. The first kappa shape index (κ1) is 15.6. The Balaban J connectivity index is 2.11. The average molecular weight is 320 g/mol. The molecule has 0 atom stereocenters. The molecule has 2 heterocycles. The number of amides is 1. The summed E-state index contributed by atoms with van der Waals surface area (Å²) in [5.41, 5.74) is -0.878. The number of piperazine rings is 1. The molecule has 0 bridgehead atoms. The Morgan fingerprint density at radius 2 is 1.95 bits per heavy atom. The van der Waals surface area contributed by atoms with Crippen LogP contribution in [0, 0.1) is 0 Å². The van der Waals surface area contributed by atoms with Crippen molar-refractivity contribution >= 4 is 23.3 Å². The van der Waals surface area contributed by atoms with Gasteiger partial charge in [0, 0.05) is 32.4 Å². The Morgan fingerprint density at radius 1 is 1.33 bits per heavy atom. The van der Waals surface area contributed by atoms with Gasteiger partial charge in [0.1, 0.15) is 5.82 Å². The van der Waals surface area contributed by atoms with Gasteiger partial charge in [-0.3, -0.25) is 4.79 Å². The van der Waals surface area contributed by atoms with Crippen LogP contribution in [0.15, 0.2) is 24.9 Å². The predicted octanol–water partition coefficient (Wildman–Crippen LogP) is 2.59. The first-order valence-electron chi connectivity index (χ1n) is 6.22. The SMILES string of the molecule is C=CC(=O)N1CCN(c2ncc(C(F)(F)F)cc2Cl)CC1. The van der Waals surface area contributed by atoms with Crippen LogP contribution in [0.5, 0.6) is 0 Å². The first-order chi connectivity index (χ1) is 9.82. The lowest BCUT2D eigenvalue weighted by Gasteiger charge is -2.35. The Hall–Kier alpha value is -1.76. The average Bonchev–Trinajstić information content (AvgIpc) is 2.45. The van der Waals surface area contributed by atoms with Crippen molar-refractivity contribution in [3.05, 3.63) is 35.5 Å². The molecule has 0 aromatic carbocycles. The van der Waals surface area contributed by atoms with Crippen molar-refractivity contribution in [3.8, 4) is 0 Å². The van der Waals surface area contributed by atoms with Gasteiger partial charge in [0.25, 0.3) is 0 Å². The number of carbonyl (C=O) groups excluding carboxylic acids is 1. The van der Waals surface area contributed by atoms with Gasteiger partial charge < -0.3 is 9.80 Å². The van der Waals surface area contributed by atoms with E-state index in [1.54, 1.807) is 9.80 Å². The van der Waals surface area contributed by atoms with Crippen molar-refractivity contribution in [2.75, 3.05) is 31.1 Å². The van der Waals surface area contributed by atoms with Gasteiger partial charge in [0.15, 0.2) is 0 Å². The molecule has 1 aromatic heterocycles. The Bertz CT molecular complexity index is 554. The van der Waals surface area contributed by atoms with Gasteiger partial charge in [-0.2, -0.15) is 13.2 Å². The number of anilines is 1. The van der Waals surface area contributed by atoms with E-state index in [4.69, 9.17) is 11.6 Å².